The molecule has 0 atom stereocenters. The van der Waals surface area contributed by atoms with Gasteiger partial charge in [0.2, 0.25) is 10.0 Å². The molecule has 0 saturated heterocycles. The van der Waals surface area contributed by atoms with Crippen LogP contribution in [0.15, 0.2) is 44.7 Å². The third-order valence-corrected chi connectivity index (χ3v) is 6.08. The number of nitrogens with one attached hydrogen (secondary N) is 2. The van der Waals surface area contributed by atoms with Gasteiger partial charge in [0, 0.05) is 6.04 Å². The molecule has 1 aromatic carbocycles. The van der Waals surface area contributed by atoms with Gasteiger partial charge in [0.25, 0.3) is 0 Å². The molecule has 1 aliphatic carbocycles. The molecule has 2 heterocycles. The summed E-state index contributed by atoms with van der Waals surface area (Å²) in [6, 6.07) is 4.06. The molecule has 0 amide bonds. The molecule has 0 spiro atoms. The topological polar surface area (TPSA) is 127 Å². The highest BCUT2D eigenvalue weighted by atomic mass is 32.2. The lowest BCUT2D eigenvalue weighted by Crippen LogP contribution is -2.39. The van der Waals surface area contributed by atoms with Crippen molar-refractivity contribution < 1.29 is 22.0 Å². The Morgan fingerprint density at radius 2 is 1.89 bits per heavy atom. The maximum absolute atomic E-state index is 12.8. The molecule has 1 fully saturated rings. The van der Waals surface area contributed by atoms with E-state index in [0.717, 1.165) is 12.4 Å². The standard InChI is InChI=1S/C17H17FN4O5S/c18-10-8-19-16(20-9-10)26-12-3-1-11(2-4-12)22-28(24,25)13-5-6-15-14(7-13)21-17(23)27-15/h5-9,11-12,22H,1-4H2,(H,21,23). The number of hydrogen-bond acceptors (Lipinski definition) is 7. The summed E-state index contributed by atoms with van der Waals surface area (Å²) in [5.74, 6) is -1.18. The number of hydrogen-bond donors (Lipinski definition) is 2. The highest BCUT2D eigenvalue weighted by molar-refractivity contribution is 7.89. The van der Waals surface area contributed by atoms with E-state index in [1.165, 1.54) is 18.2 Å². The van der Waals surface area contributed by atoms with Crippen LogP contribution in [0.25, 0.3) is 11.1 Å². The summed E-state index contributed by atoms with van der Waals surface area (Å²) in [6.07, 6.45) is 4.30. The van der Waals surface area contributed by atoms with Gasteiger partial charge in [0.1, 0.15) is 6.10 Å². The molecule has 4 rings (SSSR count). The minimum Gasteiger partial charge on any atom is -0.460 e. The molecule has 0 bridgehead atoms. The van der Waals surface area contributed by atoms with Gasteiger partial charge in [-0.1, -0.05) is 0 Å². The zero-order chi connectivity index (χ0) is 19.7. The van der Waals surface area contributed by atoms with E-state index in [2.05, 4.69) is 19.7 Å². The Morgan fingerprint density at radius 1 is 1.18 bits per heavy atom. The summed E-state index contributed by atoms with van der Waals surface area (Å²) in [4.78, 5) is 21.2. The first-order valence-electron chi connectivity index (χ1n) is 8.68. The van der Waals surface area contributed by atoms with E-state index in [-0.39, 0.29) is 23.1 Å². The minimum absolute atomic E-state index is 0.0511. The van der Waals surface area contributed by atoms with Crippen LogP contribution in [0.2, 0.25) is 0 Å². The number of fused-ring (bicyclic) bond motifs is 1. The van der Waals surface area contributed by atoms with Gasteiger partial charge >= 0.3 is 11.8 Å². The highest BCUT2D eigenvalue weighted by Crippen LogP contribution is 2.24. The molecule has 0 unspecified atom stereocenters. The van der Waals surface area contributed by atoms with E-state index in [4.69, 9.17) is 9.15 Å². The summed E-state index contributed by atoms with van der Waals surface area (Å²) in [7, 11) is -3.74. The molecule has 11 heteroatoms. The number of aromatic amines is 1. The van der Waals surface area contributed by atoms with Crippen molar-refractivity contribution >= 4 is 21.1 Å². The van der Waals surface area contributed by atoms with Gasteiger partial charge in [-0.25, -0.2) is 32.3 Å². The maximum Gasteiger partial charge on any atom is 0.417 e. The van der Waals surface area contributed by atoms with Crippen LogP contribution in [-0.2, 0) is 10.0 Å². The van der Waals surface area contributed by atoms with Crippen molar-refractivity contribution in [3.8, 4) is 6.01 Å². The van der Waals surface area contributed by atoms with Crippen molar-refractivity contribution in [3.63, 3.8) is 0 Å². The Morgan fingerprint density at radius 3 is 2.61 bits per heavy atom. The van der Waals surface area contributed by atoms with Crippen LogP contribution in [0.4, 0.5) is 4.39 Å². The number of oxazole rings is 1. The molecule has 148 valence electrons. The van der Waals surface area contributed by atoms with E-state index in [9.17, 15) is 17.6 Å². The first kappa shape index (κ1) is 18.6. The summed E-state index contributed by atoms with van der Waals surface area (Å²) >= 11 is 0. The van der Waals surface area contributed by atoms with Crippen LogP contribution in [0.3, 0.4) is 0 Å². The van der Waals surface area contributed by atoms with Crippen molar-refractivity contribution in [1.29, 1.82) is 0 Å². The molecule has 28 heavy (non-hydrogen) atoms. The predicted molar refractivity (Wildman–Crippen MR) is 95.8 cm³/mol. The molecule has 9 nitrogen and oxygen atoms in total. The molecule has 2 aromatic heterocycles. The maximum atomic E-state index is 12.8. The van der Waals surface area contributed by atoms with Gasteiger partial charge in [-0.3, -0.25) is 4.98 Å². The van der Waals surface area contributed by atoms with Crippen LogP contribution in [0.5, 0.6) is 6.01 Å². The van der Waals surface area contributed by atoms with E-state index < -0.39 is 21.6 Å². The quantitative estimate of drug-likeness (QED) is 0.658. The van der Waals surface area contributed by atoms with Gasteiger partial charge in [-0.15, -0.1) is 0 Å². The van der Waals surface area contributed by atoms with Crippen LogP contribution < -0.4 is 15.2 Å². The molecule has 2 N–H and O–H groups in total. The van der Waals surface area contributed by atoms with Gasteiger partial charge in [-0.05, 0) is 43.9 Å². The van der Waals surface area contributed by atoms with Gasteiger partial charge in [0.15, 0.2) is 11.4 Å². The molecule has 0 radical (unpaired) electrons. The number of aromatic nitrogens is 3. The second-order valence-corrected chi connectivity index (χ2v) is 8.28. The number of rotatable bonds is 5. The fourth-order valence-corrected chi connectivity index (χ4v) is 4.53. The van der Waals surface area contributed by atoms with Crippen LogP contribution in [0, 0.1) is 5.82 Å². The smallest absolute Gasteiger partial charge is 0.417 e. The summed E-state index contributed by atoms with van der Waals surface area (Å²) < 4.78 is 51.3. The van der Waals surface area contributed by atoms with E-state index in [0.29, 0.717) is 36.8 Å². The van der Waals surface area contributed by atoms with Gasteiger partial charge in [-0.2, -0.15) is 0 Å². The lowest BCUT2D eigenvalue weighted by atomic mass is 9.94. The van der Waals surface area contributed by atoms with E-state index in [1.54, 1.807) is 0 Å². The zero-order valence-corrected chi connectivity index (χ0v) is 15.4. The Hall–Kier alpha value is -2.79. The molecule has 0 aliphatic heterocycles. The van der Waals surface area contributed by atoms with Crippen LogP contribution in [-0.4, -0.2) is 35.5 Å². The fourth-order valence-electron chi connectivity index (χ4n) is 3.19. The van der Waals surface area contributed by atoms with Crippen LogP contribution >= 0.6 is 0 Å². The Bertz CT molecular complexity index is 1130. The van der Waals surface area contributed by atoms with Crippen molar-refractivity contribution in [2.45, 2.75) is 42.7 Å². The number of H-pyrrole nitrogens is 1. The lowest BCUT2D eigenvalue weighted by molar-refractivity contribution is 0.132. The van der Waals surface area contributed by atoms with E-state index >= 15 is 0 Å². The summed E-state index contributed by atoms with van der Waals surface area (Å²) in [6.45, 7) is 0. The van der Waals surface area contributed by atoms with Crippen molar-refractivity contribution in [2.24, 2.45) is 0 Å². The average Bonchev–Trinajstić information content (AvgIpc) is 3.04. The highest BCUT2D eigenvalue weighted by Gasteiger charge is 2.27. The van der Waals surface area contributed by atoms with E-state index in [1.807, 2.05) is 0 Å². The minimum atomic E-state index is -3.74. The fraction of sp³-hybridized carbons (Fsp3) is 0.353. The monoisotopic (exact) mass is 408 g/mol. The third kappa shape index (κ3) is 4.04. The molecule has 3 aromatic rings. The largest absolute Gasteiger partial charge is 0.460 e. The van der Waals surface area contributed by atoms with Gasteiger partial charge < -0.3 is 9.15 Å². The van der Waals surface area contributed by atoms with Gasteiger partial charge in [0.05, 0.1) is 22.8 Å². The average molecular weight is 408 g/mol. The second-order valence-electron chi connectivity index (χ2n) is 6.57. The normalized spacial score (nSPS) is 20.3. The second kappa shape index (κ2) is 7.32. The summed E-state index contributed by atoms with van der Waals surface area (Å²) in [5.41, 5.74) is 0.619. The number of sulfonamides is 1. The number of halogens is 1. The molecular formula is C17H17FN4O5S. The number of ether oxygens (including phenoxy) is 1. The Labute approximate surface area is 159 Å². The number of nitrogens with zero attached hydrogens (tertiary/aromatic N) is 2. The Balaban J connectivity index is 1.37. The molecule has 1 saturated carbocycles. The first-order valence-corrected chi connectivity index (χ1v) is 10.2. The zero-order valence-electron chi connectivity index (χ0n) is 14.6. The SMILES string of the molecule is O=c1[nH]c2cc(S(=O)(=O)NC3CCC(Oc4ncc(F)cn4)CC3)ccc2o1. The third-order valence-electron chi connectivity index (χ3n) is 4.57. The lowest BCUT2D eigenvalue weighted by Gasteiger charge is -2.28. The molecule has 1 aliphatic rings. The van der Waals surface area contributed by atoms with Crippen molar-refractivity contribution in [1.82, 2.24) is 19.7 Å². The predicted octanol–water partition coefficient (Wildman–Crippen LogP) is 1.72. The Kier molecular flexibility index (Phi) is 4.85. The van der Waals surface area contributed by atoms with Crippen LogP contribution in [0.1, 0.15) is 25.7 Å². The summed E-state index contributed by atoms with van der Waals surface area (Å²) in [5, 5.41) is 0. The van der Waals surface area contributed by atoms with Crippen molar-refractivity contribution in [3.05, 3.63) is 47.0 Å². The van der Waals surface area contributed by atoms with Crippen molar-refractivity contribution in [2.75, 3.05) is 0 Å². The number of benzene rings is 1. The first-order chi connectivity index (χ1) is 13.4. The molecular weight excluding hydrogens is 391 g/mol.